The number of hydrogen-bond donors (Lipinski definition) is 2. The number of fused-ring (bicyclic) bond motifs is 4. The van der Waals surface area contributed by atoms with Crippen molar-refractivity contribution in [3.63, 3.8) is 0 Å². The van der Waals surface area contributed by atoms with Crippen LogP contribution in [0.25, 0.3) is 11.1 Å². The van der Waals surface area contributed by atoms with Crippen LogP contribution in [0.3, 0.4) is 0 Å². The van der Waals surface area contributed by atoms with Gasteiger partial charge in [0.2, 0.25) is 0 Å². The van der Waals surface area contributed by atoms with E-state index in [9.17, 15) is 10.2 Å². The molecule has 0 aliphatic carbocycles. The van der Waals surface area contributed by atoms with E-state index in [1.165, 1.54) is 44.9 Å². The largest absolute Gasteiger partial charge is 0.508 e. The number of rotatable bonds is 12. The second-order valence-corrected chi connectivity index (χ2v) is 13.0. The van der Waals surface area contributed by atoms with Crippen molar-refractivity contribution >= 4 is 34.0 Å². The van der Waals surface area contributed by atoms with E-state index in [2.05, 4.69) is 31.2 Å². The lowest BCUT2D eigenvalue weighted by Crippen LogP contribution is -2.03. The van der Waals surface area contributed by atoms with E-state index in [1.807, 2.05) is 54.6 Å². The molecule has 246 valence electrons. The van der Waals surface area contributed by atoms with Gasteiger partial charge in [0, 0.05) is 16.7 Å². The summed E-state index contributed by atoms with van der Waals surface area (Å²) in [5.74, 6) is 0.390. The van der Waals surface area contributed by atoms with Crippen LogP contribution >= 0.6 is 0 Å². The molecule has 5 aliphatic rings. The summed E-state index contributed by atoms with van der Waals surface area (Å²) in [5.41, 5.74) is 11.1. The number of nitrogens with zero attached hydrogens (tertiary/aromatic N) is 4. The number of aromatic hydroxyl groups is 2. The molecule has 2 aromatic rings. The first kappa shape index (κ1) is 32.2. The fourth-order valence-corrected chi connectivity index (χ4v) is 6.86. The third-order valence-electron chi connectivity index (χ3n) is 9.34. The summed E-state index contributed by atoms with van der Waals surface area (Å²) in [4.78, 5) is 20.5. The minimum atomic E-state index is 0.195. The normalized spacial score (nSPS) is 17.7. The van der Waals surface area contributed by atoms with Gasteiger partial charge in [-0.05, 0) is 103 Å². The first-order chi connectivity index (χ1) is 24.1. The van der Waals surface area contributed by atoms with E-state index in [-0.39, 0.29) is 11.5 Å². The number of aliphatic imine (C=N–C) groups is 4. The molecule has 0 saturated carbocycles. The minimum absolute atomic E-state index is 0.195. The highest BCUT2D eigenvalue weighted by Gasteiger charge is 2.25. The summed E-state index contributed by atoms with van der Waals surface area (Å²) in [6.07, 6.45) is 30.4. The molecule has 0 unspecified atom stereocenters. The maximum Gasteiger partial charge on any atom is 0.116 e. The first-order valence-corrected chi connectivity index (χ1v) is 17.7. The average Bonchev–Trinajstić information content (AvgIpc) is 3.93. The molecule has 0 saturated heterocycles. The Bertz CT molecular complexity index is 1990. The Labute approximate surface area is 288 Å². The van der Waals surface area contributed by atoms with Crippen molar-refractivity contribution in [2.75, 3.05) is 0 Å². The zero-order chi connectivity index (χ0) is 33.6. The Morgan fingerprint density at radius 2 is 1.06 bits per heavy atom. The first-order valence-electron chi connectivity index (χ1n) is 17.7. The molecule has 5 aliphatic heterocycles. The molecule has 2 N–H and O–H groups in total. The molecular weight excluding hydrogens is 604 g/mol. The summed E-state index contributed by atoms with van der Waals surface area (Å²) in [6.45, 7) is 2.26. The highest BCUT2D eigenvalue weighted by Crippen LogP contribution is 2.36. The van der Waals surface area contributed by atoms with E-state index in [0.717, 1.165) is 92.7 Å². The molecule has 6 heteroatoms. The molecule has 2 aromatic carbocycles. The van der Waals surface area contributed by atoms with E-state index in [4.69, 9.17) is 20.0 Å². The summed E-state index contributed by atoms with van der Waals surface area (Å²) in [6, 6.07) is 14.6. The van der Waals surface area contributed by atoms with Crippen LogP contribution < -0.4 is 0 Å². The lowest BCUT2D eigenvalue weighted by molar-refractivity contribution is 0.474. The molecule has 49 heavy (non-hydrogen) atoms. The third kappa shape index (κ3) is 7.39. The fourth-order valence-electron chi connectivity index (χ4n) is 6.86. The maximum atomic E-state index is 10.4. The molecule has 6 nitrogen and oxygen atoms in total. The van der Waals surface area contributed by atoms with Gasteiger partial charge in [0.05, 0.1) is 45.6 Å². The summed E-state index contributed by atoms with van der Waals surface area (Å²) in [5, 5.41) is 20.8. The Hall–Kier alpha value is -5.36. The Morgan fingerprint density at radius 3 is 1.76 bits per heavy atom. The van der Waals surface area contributed by atoms with Crippen LogP contribution in [-0.2, 0) is 0 Å². The van der Waals surface area contributed by atoms with Gasteiger partial charge in [0.25, 0.3) is 0 Å². The molecule has 0 radical (unpaired) electrons. The number of phenolic OH excluding ortho intramolecular Hbond substituents is 2. The Morgan fingerprint density at radius 1 is 0.510 bits per heavy atom. The molecule has 5 heterocycles. The summed E-state index contributed by atoms with van der Waals surface area (Å²) in [7, 11) is 0. The van der Waals surface area contributed by atoms with Gasteiger partial charge in [0.15, 0.2) is 0 Å². The maximum absolute atomic E-state index is 10.4. The minimum Gasteiger partial charge on any atom is -0.508 e. The molecular formula is C43H42N4O2. The number of hydrogen-bond acceptors (Lipinski definition) is 6. The van der Waals surface area contributed by atoms with Crippen molar-refractivity contribution in [3.8, 4) is 11.5 Å². The number of unbranched alkanes of at least 4 members (excludes halogenated alkanes) is 8. The van der Waals surface area contributed by atoms with Gasteiger partial charge in [-0.25, -0.2) is 20.0 Å². The fraction of sp³-hybridized carbons (Fsp3) is 0.256. The quantitative estimate of drug-likeness (QED) is 0.225. The molecule has 0 atom stereocenters. The standard InChI is InChI=1S/C43H42N4O2/c1-2-3-4-5-6-7-8-9-10-17-35-36-22-24-40(46-36)42(29-13-11-15-33(48)26-29)38-20-18-31(44-38)28-32-19-21-39(45-32)43(41-25-23-37(35)47-41)30-14-12-16-34(49)27-30/h11-16,18-28,48-49H,2-10,17H2,1H3. The van der Waals surface area contributed by atoms with Crippen LogP contribution in [0.4, 0.5) is 0 Å². The van der Waals surface area contributed by atoms with E-state index >= 15 is 0 Å². The molecule has 0 fully saturated rings. The Kier molecular flexibility index (Phi) is 9.74. The van der Waals surface area contributed by atoms with Crippen molar-refractivity contribution in [2.45, 2.75) is 71.1 Å². The van der Waals surface area contributed by atoms with Crippen LogP contribution in [-0.4, -0.2) is 33.1 Å². The lowest BCUT2D eigenvalue weighted by atomic mass is 9.98. The van der Waals surface area contributed by atoms with Gasteiger partial charge in [-0.3, -0.25) is 0 Å². The van der Waals surface area contributed by atoms with Crippen LogP contribution in [0, 0.1) is 0 Å². The number of phenols is 2. The van der Waals surface area contributed by atoms with Crippen LogP contribution in [0.15, 0.2) is 152 Å². The van der Waals surface area contributed by atoms with Crippen molar-refractivity contribution in [1.82, 2.24) is 0 Å². The molecule has 7 rings (SSSR count). The zero-order valence-corrected chi connectivity index (χ0v) is 28.1. The molecule has 0 aromatic heterocycles. The van der Waals surface area contributed by atoms with Crippen LogP contribution in [0.5, 0.6) is 11.5 Å². The van der Waals surface area contributed by atoms with Crippen molar-refractivity contribution < 1.29 is 10.2 Å². The van der Waals surface area contributed by atoms with Crippen molar-refractivity contribution in [1.29, 1.82) is 0 Å². The van der Waals surface area contributed by atoms with Gasteiger partial charge >= 0.3 is 0 Å². The average molecular weight is 647 g/mol. The lowest BCUT2D eigenvalue weighted by Gasteiger charge is -2.11. The van der Waals surface area contributed by atoms with Gasteiger partial charge < -0.3 is 10.2 Å². The number of benzene rings is 2. The predicted molar refractivity (Wildman–Crippen MR) is 203 cm³/mol. The number of allylic oxidation sites excluding steroid dienone is 12. The summed E-state index contributed by atoms with van der Waals surface area (Å²) >= 11 is 0. The van der Waals surface area contributed by atoms with E-state index < -0.39 is 0 Å². The SMILES string of the molecule is CCCCCCCCCCCC1=C2C=CC(=N2)C(c2cccc(O)c2)=C2C=CC(=N2)C=C2C=CC(=N2)C(c2cccc(O)c2)=C2C=CC1=N2. The van der Waals surface area contributed by atoms with Crippen molar-refractivity contribution in [2.24, 2.45) is 20.0 Å². The van der Waals surface area contributed by atoms with Gasteiger partial charge in [-0.15, -0.1) is 0 Å². The summed E-state index contributed by atoms with van der Waals surface area (Å²) < 4.78 is 0. The second kappa shape index (κ2) is 14.8. The topological polar surface area (TPSA) is 89.9 Å². The molecule has 8 bridgehead atoms. The van der Waals surface area contributed by atoms with Crippen LogP contribution in [0.2, 0.25) is 0 Å². The zero-order valence-electron chi connectivity index (χ0n) is 28.1. The Balaban J connectivity index is 1.32. The monoisotopic (exact) mass is 646 g/mol. The van der Waals surface area contributed by atoms with Gasteiger partial charge in [0.1, 0.15) is 11.5 Å². The van der Waals surface area contributed by atoms with Crippen LogP contribution in [0.1, 0.15) is 82.3 Å². The van der Waals surface area contributed by atoms with E-state index in [0.29, 0.717) is 0 Å². The molecule has 0 amide bonds. The van der Waals surface area contributed by atoms with Gasteiger partial charge in [-0.1, -0.05) is 82.6 Å². The molecule has 0 spiro atoms. The third-order valence-corrected chi connectivity index (χ3v) is 9.34. The van der Waals surface area contributed by atoms with Crippen molar-refractivity contribution in [3.05, 3.63) is 143 Å². The highest BCUT2D eigenvalue weighted by atomic mass is 16.3. The highest BCUT2D eigenvalue weighted by molar-refractivity contribution is 6.34. The second-order valence-electron chi connectivity index (χ2n) is 13.0. The van der Waals surface area contributed by atoms with E-state index in [1.54, 1.807) is 24.3 Å². The smallest absolute Gasteiger partial charge is 0.116 e. The predicted octanol–water partition coefficient (Wildman–Crippen LogP) is 10.3. The van der Waals surface area contributed by atoms with Gasteiger partial charge in [-0.2, -0.15) is 0 Å².